The van der Waals surface area contributed by atoms with Gasteiger partial charge in [0.2, 0.25) is 4.96 Å². The monoisotopic (exact) mass is 532 g/mol. The van der Waals surface area contributed by atoms with Crippen LogP contribution in [0.4, 0.5) is 0 Å². The summed E-state index contributed by atoms with van der Waals surface area (Å²) < 4.78 is 1.95. The molecule has 1 aliphatic heterocycles. The highest BCUT2D eigenvalue weighted by atomic mass is 32.1. The number of piperidine rings is 1. The molecule has 8 nitrogen and oxygen atoms in total. The number of rotatable bonds is 6. The Morgan fingerprint density at radius 3 is 2.49 bits per heavy atom. The normalized spacial score (nSPS) is 14.8. The van der Waals surface area contributed by atoms with Crippen LogP contribution in [0.5, 0.6) is 0 Å². The number of pyridine rings is 1. The summed E-state index contributed by atoms with van der Waals surface area (Å²) in [4.78, 5) is 16.3. The lowest BCUT2D eigenvalue weighted by molar-refractivity contribution is 0.202. The van der Waals surface area contributed by atoms with Crippen molar-refractivity contribution in [2.75, 3.05) is 13.1 Å². The lowest BCUT2D eigenvalue weighted by atomic mass is 9.95. The third-order valence-corrected chi connectivity index (χ3v) is 8.11. The molecule has 1 fully saturated rings. The number of imidazole rings is 1. The Morgan fingerprint density at radius 2 is 1.69 bits per heavy atom. The predicted molar refractivity (Wildman–Crippen MR) is 153 cm³/mol. The van der Waals surface area contributed by atoms with Gasteiger partial charge in [0.15, 0.2) is 5.82 Å². The topological polar surface area (TPSA) is 87.9 Å². The van der Waals surface area contributed by atoms with Gasteiger partial charge >= 0.3 is 0 Å². The smallest absolute Gasteiger partial charge is 0.213 e. The van der Waals surface area contributed by atoms with Gasteiger partial charge in [-0.2, -0.15) is 5.10 Å². The molecule has 5 heterocycles. The number of hydrogen-bond donors (Lipinski definition) is 1. The number of H-pyrrole nitrogens is 1. The zero-order valence-corrected chi connectivity index (χ0v) is 22.5. The Kier molecular flexibility index (Phi) is 6.22. The van der Waals surface area contributed by atoms with E-state index in [4.69, 9.17) is 4.98 Å². The summed E-state index contributed by atoms with van der Waals surface area (Å²) in [6.45, 7) is 5.00. The largest absolute Gasteiger partial charge is 0.323 e. The lowest BCUT2D eigenvalue weighted by Crippen LogP contribution is -2.32. The molecule has 1 saturated heterocycles. The van der Waals surface area contributed by atoms with Crippen LogP contribution in [0.25, 0.3) is 39.0 Å². The van der Waals surface area contributed by atoms with Crippen molar-refractivity contribution in [3.8, 4) is 34.0 Å². The second-order valence-electron chi connectivity index (χ2n) is 10.1. The summed E-state index contributed by atoms with van der Waals surface area (Å²) in [7, 11) is 0. The van der Waals surface area contributed by atoms with E-state index < -0.39 is 0 Å². The number of benzene rings is 2. The first kappa shape index (κ1) is 23.9. The van der Waals surface area contributed by atoms with Crippen molar-refractivity contribution in [2.24, 2.45) is 0 Å². The minimum Gasteiger partial charge on any atom is -0.323 e. The summed E-state index contributed by atoms with van der Waals surface area (Å²) in [5, 5.41) is 13.4. The molecule has 0 radical (unpaired) electrons. The minimum absolute atomic E-state index is 0.398. The number of hydrogen-bond acceptors (Lipinski definition) is 7. The molecular formula is C30H28N8S. The van der Waals surface area contributed by atoms with Crippen molar-refractivity contribution < 1.29 is 0 Å². The maximum atomic E-state index is 4.92. The second kappa shape index (κ2) is 10.2. The van der Waals surface area contributed by atoms with Crippen LogP contribution in [0.1, 0.15) is 35.8 Å². The van der Waals surface area contributed by atoms with Gasteiger partial charge in [0.25, 0.3) is 0 Å². The molecule has 1 N–H and O–H groups in total. The van der Waals surface area contributed by atoms with Crippen LogP contribution in [0.15, 0.2) is 78.3 Å². The number of aromatic nitrogens is 7. The zero-order valence-electron chi connectivity index (χ0n) is 21.7. The molecule has 7 rings (SSSR count). The van der Waals surface area contributed by atoms with E-state index in [1.165, 1.54) is 5.56 Å². The van der Waals surface area contributed by atoms with Gasteiger partial charge in [-0.05, 0) is 50.6 Å². The van der Waals surface area contributed by atoms with E-state index >= 15 is 0 Å². The molecule has 0 saturated carbocycles. The van der Waals surface area contributed by atoms with E-state index in [1.807, 2.05) is 41.2 Å². The summed E-state index contributed by atoms with van der Waals surface area (Å²) in [6.07, 6.45) is 2.12. The van der Waals surface area contributed by atoms with Crippen LogP contribution in [0.3, 0.4) is 0 Å². The van der Waals surface area contributed by atoms with Crippen LogP contribution >= 0.6 is 11.3 Å². The number of aromatic amines is 1. The third kappa shape index (κ3) is 4.75. The summed E-state index contributed by atoms with van der Waals surface area (Å²) in [5.74, 6) is 2.12. The predicted octanol–water partition coefficient (Wildman–Crippen LogP) is 5.99. The summed E-state index contributed by atoms with van der Waals surface area (Å²) in [5.41, 5.74) is 9.21. The van der Waals surface area contributed by atoms with Crippen molar-refractivity contribution >= 4 is 16.3 Å². The molecule has 6 aromatic rings. The minimum atomic E-state index is 0.398. The molecule has 0 bridgehead atoms. The Labute approximate surface area is 230 Å². The highest BCUT2D eigenvalue weighted by Crippen LogP contribution is 2.34. The quantitative estimate of drug-likeness (QED) is 0.283. The van der Waals surface area contributed by atoms with Crippen LogP contribution in [0.2, 0.25) is 0 Å². The van der Waals surface area contributed by atoms with Crippen molar-refractivity contribution in [1.82, 2.24) is 39.7 Å². The molecule has 39 heavy (non-hydrogen) atoms. The number of fused-ring (bicyclic) bond motifs is 1. The SMILES string of the molecule is Cc1cccc(-c2nnc(C3CCN(Cc4ccc(-c5nc6scnn6c5-c5ccccc5)cc4)CC3)[nH]2)n1. The van der Waals surface area contributed by atoms with E-state index in [9.17, 15) is 0 Å². The first-order valence-corrected chi connectivity index (χ1v) is 14.2. The molecule has 0 atom stereocenters. The van der Waals surface area contributed by atoms with E-state index in [0.717, 1.165) is 83.0 Å². The van der Waals surface area contributed by atoms with Crippen LogP contribution < -0.4 is 0 Å². The average Bonchev–Trinajstić information content (AvgIpc) is 3.71. The zero-order chi connectivity index (χ0) is 26.2. The van der Waals surface area contributed by atoms with Crippen LogP contribution in [-0.4, -0.2) is 52.8 Å². The molecule has 0 amide bonds. The van der Waals surface area contributed by atoms with Gasteiger partial charge in [-0.25, -0.2) is 14.5 Å². The number of aryl methyl sites for hydroxylation is 1. The van der Waals surface area contributed by atoms with E-state index in [2.05, 4.69) is 78.7 Å². The fourth-order valence-corrected chi connectivity index (χ4v) is 6.01. The number of nitrogens with one attached hydrogen (secondary N) is 1. The number of likely N-dealkylation sites (tertiary alicyclic amines) is 1. The molecule has 194 valence electrons. The molecule has 9 heteroatoms. The van der Waals surface area contributed by atoms with Gasteiger partial charge in [0.05, 0.1) is 0 Å². The molecule has 0 unspecified atom stereocenters. The third-order valence-electron chi connectivity index (χ3n) is 7.44. The van der Waals surface area contributed by atoms with Gasteiger partial charge in [-0.1, -0.05) is 72.0 Å². The molecule has 0 spiro atoms. The van der Waals surface area contributed by atoms with Gasteiger partial charge in [0, 0.05) is 29.3 Å². The van der Waals surface area contributed by atoms with E-state index in [-0.39, 0.29) is 0 Å². The molecule has 0 aliphatic carbocycles. The molecule has 4 aromatic heterocycles. The standard InChI is InChI=1S/C30H28N8S/c1-20-6-5-9-25(32-20)29-34-28(35-36-29)24-14-16-37(17-15-24)18-21-10-12-22(13-11-21)26-27(23-7-3-2-4-8-23)38-30(33-26)39-19-31-38/h2-13,19,24H,14-18H2,1H3,(H,34,35,36). The van der Waals surface area contributed by atoms with Crippen LogP contribution in [-0.2, 0) is 6.54 Å². The van der Waals surface area contributed by atoms with Crippen molar-refractivity contribution in [3.63, 3.8) is 0 Å². The van der Waals surface area contributed by atoms with Crippen molar-refractivity contribution in [2.45, 2.75) is 32.2 Å². The van der Waals surface area contributed by atoms with E-state index in [1.54, 1.807) is 11.3 Å². The van der Waals surface area contributed by atoms with Gasteiger partial charge in [-0.3, -0.25) is 4.90 Å². The summed E-state index contributed by atoms with van der Waals surface area (Å²) >= 11 is 1.56. The number of nitrogens with zero attached hydrogens (tertiary/aromatic N) is 7. The molecular weight excluding hydrogens is 504 g/mol. The second-order valence-corrected chi connectivity index (χ2v) is 10.9. The first-order valence-electron chi connectivity index (χ1n) is 13.3. The van der Waals surface area contributed by atoms with Crippen molar-refractivity contribution in [1.29, 1.82) is 0 Å². The fourth-order valence-electron chi connectivity index (χ4n) is 5.39. The van der Waals surface area contributed by atoms with Gasteiger partial charge < -0.3 is 4.98 Å². The van der Waals surface area contributed by atoms with Crippen molar-refractivity contribution in [3.05, 3.63) is 95.4 Å². The van der Waals surface area contributed by atoms with E-state index in [0.29, 0.717) is 5.92 Å². The Morgan fingerprint density at radius 1 is 0.872 bits per heavy atom. The summed E-state index contributed by atoms with van der Waals surface area (Å²) in [6, 6.07) is 25.2. The average molecular weight is 533 g/mol. The van der Waals surface area contributed by atoms with Gasteiger partial charge in [-0.15, -0.1) is 10.2 Å². The fraction of sp³-hybridized carbons (Fsp3) is 0.233. The highest BCUT2D eigenvalue weighted by Gasteiger charge is 2.24. The lowest BCUT2D eigenvalue weighted by Gasteiger charge is -2.30. The molecule has 1 aliphatic rings. The van der Waals surface area contributed by atoms with Gasteiger partial charge in [0.1, 0.15) is 28.4 Å². The maximum Gasteiger partial charge on any atom is 0.213 e. The first-order chi connectivity index (χ1) is 19.2. The Balaban J connectivity index is 1.02. The Hall–Kier alpha value is -4.21. The highest BCUT2D eigenvalue weighted by molar-refractivity contribution is 7.14. The Bertz CT molecular complexity index is 1710. The van der Waals surface area contributed by atoms with Crippen LogP contribution in [0, 0.1) is 6.92 Å². The maximum absolute atomic E-state index is 4.92. The molecule has 2 aromatic carbocycles.